The van der Waals surface area contributed by atoms with Crippen LogP contribution in [0.5, 0.6) is 0 Å². The maximum Gasteiger partial charge on any atom is 0.120 e. The van der Waals surface area contributed by atoms with Crippen LogP contribution in [0, 0.1) is 12.3 Å². The molecule has 0 aliphatic rings. The number of hydrogen-bond donors (Lipinski definition) is 1. The van der Waals surface area contributed by atoms with E-state index in [1.165, 1.54) is 11.1 Å². The van der Waals surface area contributed by atoms with E-state index < -0.39 is 0 Å². The Hall–Kier alpha value is -1.54. The van der Waals surface area contributed by atoms with Gasteiger partial charge < -0.3 is 9.73 Å². The van der Waals surface area contributed by atoms with Crippen LogP contribution in [-0.4, -0.2) is 0 Å². The lowest BCUT2D eigenvalue weighted by Gasteiger charge is -2.27. The third-order valence-electron chi connectivity index (χ3n) is 3.50. The molecule has 0 saturated heterocycles. The molecule has 1 aromatic heterocycles. The van der Waals surface area contributed by atoms with E-state index in [0.29, 0.717) is 6.04 Å². The Balaban J connectivity index is 2.09. The average molecular weight is 271 g/mol. The van der Waals surface area contributed by atoms with Gasteiger partial charge in [-0.25, -0.2) is 0 Å². The molecule has 1 N–H and O–H groups in total. The Bertz CT molecular complexity index is 522. The van der Waals surface area contributed by atoms with Gasteiger partial charge in [0.05, 0.1) is 12.8 Å². The first-order valence-electron chi connectivity index (χ1n) is 7.27. The first kappa shape index (κ1) is 14.9. The van der Waals surface area contributed by atoms with Gasteiger partial charge in [-0.1, -0.05) is 51.1 Å². The zero-order chi connectivity index (χ0) is 14.6. The van der Waals surface area contributed by atoms with Crippen LogP contribution >= 0.6 is 0 Å². The highest BCUT2D eigenvalue weighted by Crippen LogP contribution is 2.29. The molecule has 0 aliphatic carbocycles. The zero-order valence-corrected chi connectivity index (χ0v) is 12.9. The van der Waals surface area contributed by atoms with Crippen LogP contribution in [0.15, 0.2) is 47.1 Å². The lowest BCUT2D eigenvalue weighted by Crippen LogP contribution is -2.25. The third kappa shape index (κ3) is 4.24. The van der Waals surface area contributed by atoms with Crippen molar-refractivity contribution in [1.29, 1.82) is 0 Å². The molecule has 1 atom stereocenters. The second kappa shape index (κ2) is 6.27. The van der Waals surface area contributed by atoms with Gasteiger partial charge in [0.15, 0.2) is 0 Å². The van der Waals surface area contributed by atoms with Crippen molar-refractivity contribution in [1.82, 2.24) is 5.32 Å². The molecule has 0 radical (unpaired) electrons. The van der Waals surface area contributed by atoms with Crippen molar-refractivity contribution < 1.29 is 4.42 Å². The topological polar surface area (TPSA) is 25.2 Å². The number of rotatable bonds is 5. The van der Waals surface area contributed by atoms with Crippen molar-refractivity contribution >= 4 is 0 Å². The summed E-state index contributed by atoms with van der Waals surface area (Å²) in [5.74, 6) is 1.03. The summed E-state index contributed by atoms with van der Waals surface area (Å²) in [6, 6.07) is 13.0. The van der Waals surface area contributed by atoms with Crippen LogP contribution in [0.1, 0.15) is 50.1 Å². The first-order valence-corrected chi connectivity index (χ1v) is 7.27. The molecule has 0 aliphatic heterocycles. The van der Waals surface area contributed by atoms with Crippen molar-refractivity contribution in [3.63, 3.8) is 0 Å². The quantitative estimate of drug-likeness (QED) is 0.840. The summed E-state index contributed by atoms with van der Waals surface area (Å²) < 4.78 is 5.52. The van der Waals surface area contributed by atoms with Gasteiger partial charge >= 0.3 is 0 Å². The molecule has 108 valence electrons. The predicted molar refractivity (Wildman–Crippen MR) is 83.5 cm³/mol. The molecule has 2 rings (SSSR count). The van der Waals surface area contributed by atoms with E-state index in [-0.39, 0.29) is 5.41 Å². The molecule has 0 amide bonds. The van der Waals surface area contributed by atoms with Crippen molar-refractivity contribution in [2.24, 2.45) is 5.41 Å². The number of nitrogens with one attached hydrogen (secondary N) is 1. The minimum Gasteiger partial charge on any atom is -0.468 e. The van der Waals surface area contributed by atoms with Gasteiger partial charge in [0, 0.05) is 6.04 Å². The molecule has 0 fully saturated rings. The molecule has 2 heteroatoms. The van der Waals surface area contributed by atoms with Gasteiger partial charge in [-0.15, -0.1) is 0 Å². The Morgan fingerprint density at radius 2 is 1.80 bits per heavy atom. The fourth-order valence-corrected chi connectivity index (χ4v) is 2.41. The van der Waals surface area contributed by atoms with E-state index in [2.05, 4.69) is 63.3 Å². The fraction of sp³-hybridized carbons (Fsp3) is 0.444. The van der Waals surface area contributed by atoms with Gasteiger partial charge in [-0.05, 0) is 36.0 Å². The summed E-state index contributed by atoms with van der Waals surface area (Å²) in [6.45, 7) is 9.70. The van der Waals surface area contributed by atoms with Crippen molar-refractivity contribution in [2.75, 3.05) is 0 Å². The second-order valence-electron chi connectivity index (χ2n) is 6.64. The number of aryl methyl sites for hydroxylation is 1. The minimum atomic E-state index is 0.283. The van der Waals surface area contributed by atoms with E-state index >= 15 is 0 Å². The standard InChI is InChI=1S/C18H25NO/c1-14-10-11-20-17(14)13-19-16(12-18(2,3)4)15-8-6-5-7-9-15/h5-11,16,19H,12-13H2,1-4H3. The molecule has 1 unspecified atom stereocenters. The average Bonchev–Trinajstić information content (AvgIpc) is 2.80. The molecule has 2 nitrogen and oxygen atoms in total. The molecule has 0 bridgehead atoms. The van der Waals surface area contributed by atoms with E-state index in [9.17, 15) is 0 Å². The third-order valence-corrected chi connectivity index (χ3v) is 3.50. The van der Waals surface area contributed by atoms with Gasteiger partial charge in [-0.2, -0.15) is 0 Å². The molecule has 2 aromatic rings. The van der Waals surface area contributed by atoms with Crippen LogP contribution in [0.25, 0.3) is 0 Å². The van der Waals surface area contributed by atoms with Crippen LogP contribution in [0.2, 0.25) is 0 Å². The Kier molecular flexibility index (Phi) is 4.66. The first-order chi connectivity index (χ1) is 9.46. The van der Waals surface area contributed by atoms with Gasteiger partial charge in [0.1, 0.15) is 5.76 Å². The van der Waals surface area contributed by atoms with Gasteiger partial charge in [0.2, 0.25) is 0 Å². The fourth-order valence-electron chi connectivity index (χ4n) is 2.41. The molecule has 1 aromatic carbocycles. The Labute approximate surface area is 122 Å². The Morgan fingerprint density at radius 1 is 1.10 bits per heavy atom. The molecule has 1 heterocycles. The number of furan rings is 1. The lowest BCUT2D eigenvalue weighted by molar-refractivity contribution is 0.304. The molecule has 20 heavy (non-hydrogen) atoms. The summed E-state index contributed by atoms with van der Waals surface area (Å²) in [5, 5.41) is 3.64. The highest BCUT2D eigenvalue weighted by molar-refractivity contribution is 5.20. The Morgan fingerprint density at radius 3 is 2.35 bits per heavy atom. The summed E-state index contributed by atoms with van der Waals surface area (Å²) >= 11 is 0. The summed E-state index contributed by atoms with van der Waals surface area (Å²) in [6.07, 6.45) is 2.85. The minimum absolute atomic E-state index is 0.283. The highest BCUT2D eigenvalue weighted by atomic mass is 16.3. The SMILES string of the molecule is Cc1ccoc1CNC(CC(C)(C)C)c1ccccc1. The van der Waals surface area contributed by atoms with E-state index in [4.69, 9.17) is 4.42 Å². The van der Waals surface area contributed by atoms with Crippen LogP contribution in [0.3, 0.4) is 0 Å². The molecule has 0 spiro atoms. The van der Waals surface area contributed by atoms with Gasteiger partial charge in [0.25, 0.3) is 0 Å². The maximum atomic E-state index is 5.52. The van der Waals surface area contributed by atoms with Crippen LogP contribution in [-0.2, 0) is 6.54 Å². The van der Waals surface area contributed by atoms with Crippen molar-refractivity contribution in [3.05, 3.63) is 59.5 Å². The highest BCUT2D eigenvalue weighted by Gasteiger charge is 2.20. The molecular formula is C18H25NO. The van der Waals surface area contributed by atoms with E-state index in [1.807, 2.05) is 6.07 Å². The number of benzene rings is 1. The van der Waals surface area contributed by atoms with Crippen molar-refractivity contribution in [3.8, 4) is 0 Å². The predicted octanol–water partition coefficient (Wildman–Crippen LogP) is 4.86. The lowest BCUT2D eigenvalue weighted by atomic mass is 9.85. The van der Waals surface area contributed by atoms with Crippen LogP contribution < -0.4 is 5.32 Å². The monoisotopic (exact) mass is 271 g/mol. The summed E-state index contributed by atoms with van der Waals surface area (Å²) in [5.41, 5.74) is 2.83. The smallest absolute Gasteiger partial charge is 0.120 e. The van der Waals surface area contributed by atoms with E-state index in [0.717, 1.165) is 18.7 Å². The number of hydrogen-bond acceptors (Lipinski definition) is 2. The second-order valence-corrected chi connectivity index (χ2v) is 6.64. The van der Waals surface area contributed by atoms with Crippen LogP contribution in [0.4, 0.5) is 0 Å². The normalized spacial score (nSPS) is 13.4. The van der Waals surface area contributed by atoms with E-state index in [1.54, 1.807) is 6.26 Å². The maximum absolute atomic E-state index is 5.52. The largest absolute Gasteiger partial charge is 0.468 e. The summed E-state index contributed by atoms with van der Waals surface area (Å²) in [4.78, 5) is 0. The zero-order valence-electron chi connectivity index (χ0n) is 12.9. The van der Waals surface area contributed by atoms with Gasteiger partial charge in [-0.3, -0.25) is 0 Å². The van der Waals surface area contributed by atoms with Crippen molar-refractivity contribution in [2.45, 2.75) is 46.7 Å². The molecular weight excluding hydrogens is 246 g/mol. The summed E-state index contributed by atoms with van der Waals surface area (Å²) in [7, 11) is 0. The molecule has 0 saturated carbocycles.